The van der Waals surface area contributed by atoms with Crippen LogP contribution in [0.4, 0.5) is 5.69 Å². The third kappa shape index (κ3) is 2.77. The third-order valence-corrected chi connectivity index (χ3v) is 4.89. The number of anilines is 1. The second-order valence-corrected chi connectivity index (χ2v) is 6.76. The van der Waals surface area contributed by atoms with Gasteiger partial charge in [-0.2, -0.15) is 0 Å². The molecule has 0 unspecified atom stereocenters. The molecule has 2 aromatic carbocycles. The summed E-state index contributed by atoms with van der Waals surface area (Å²) in [5, 5.41) is 0. The Morgan fingerprint density at radius 1 is 1.08 bits per heavy atom. The van der Waals surface area contributed by atoms with Gasteiger partial charge in [-0.05, 0) is 38.0 Å². The van der Waals surface area contributed by atoms with E-state index in [4.69, 9.17) is 14.2 Å². The van der Waals surface area contributed by atoms with Gasteiger partial charge >= 0.3 is 0 Å². The SMILES string of the molecule is Cc1ccc(OCCN2C(=O)C3(OCCCO3)c3cccc(C)c32)cc1. The van der Waals surface area contributed by atoms with Gasteiger partial charge in [-0.15, -0.1) is 0 Å². The Kier molecular flexibility index (Phi) is 4.42. The molecule has 0 aliphatic carbocycles. The van der Waals surface area contributed by atoms with Gasteiger partial charge in [0.25, 0.3) is 11.7 Å². The fourth-order valence-corrected chi connectivity index (χ4v) is 3.59. The first-order valence-corrected chi connectivity index (χ1v) is 9.01. The van der Waals surface area contributed by atoms with E-state index in [1.807, 2.05) is 56.3 Å². The molecule has 2 heterocycles. The number of fused-ring (bicyclic) bond motifs is 2. The first-order valence-electron chi connectivity index (χ1n) is 9.01. The van der Waals surface area contributed by atoms with Gasteiger partial charge in [-0.3, -0.25) is 4.79 Å². The quantitative estimate of drug-likeness (QED) is 0.846. The summed E-state index contributed by atoms with van der Waals surface area (Å²) in [6.45, 7) is 5.93. The Morgan fingerprint density at radius 2 is 1.81 bits per heavy atom. The van der Waals surface area contributed by atoms with Crippen LogP contribution in [0.25, 0.3) is 0 Å². The van der Waals surface area contributed by atoms with Gasteiger partial charge in [0.15, 0.2) is 0 Å². The number of benzene rings is 2. The predicted molar refractivity (Wildman–Crippen MR) is 98.4 cm³/mol. The van der Waals surface area contributed by atoms with Crippen LogP contribution in [0.15, 0.2) is 42.5 Å². The normalized spacial score (nSPS) is 18.2. The molecular weight excluding hydrogens is 330 g/mol. The maximum absolute atomic E-state index is 13.2. The molecule has 0 radical (unpaired) electrons. The minimum absolute atomic E-state index is 0.158. The highest BCUT2D eigenvalue weighted by molar-refractivity contribution is 6.06. The summed E-state index contributed by atoms with van der Waals surface area (Å²) in [4.78, 5) is 14.9. The standard InChI is InChI=1S/C21H23NO4/c1-15-7-9-17(10-8-15)24-14-11-22-19-16(2)5-3-6-18(19)21(20(22)23)25-12-4-13-26-21/h3,5-10H,4,11-14H2,1-2H3. The summed E-state index contributed by atoms with van der Waals surface area (Å²) in [5.41, 5.74) is 3.90. The van der Waals surface area contributed by atoms with Crippen LogP contribution in [0.5, 0.6) is 5.75 Å². The molecule has 2 aliphatic rings. The van der Waals surface area contributed by atoms with Crippen molar-refractivity contribution in [2.45, 2.75) is 26.1 Å². The molecule has 5 nitrogen and oxygen atoms in total. The van der Waals surface area contributed by atoms with Gasteiger partial charge in [0, 0.05) is 5.56 Å². The molecule has 5 heteroatoms. The van der Waals surface area contributed by atoms with E-state index >= 15 is 0 Å². The lowest BCUT2D eigenvalue weighted by atomic mass is 10.0. The third-order valence-electron chi connectivity index (χ3n) is 4.89. The molecule has 136 valence electrons. The molecule has 0 saturated carbocycles. The molecule has 26 heavy (non-hydrogen) atoms. The molecular formula is C21H23NO4. The van der Waals surface area contributed by atoms with E-state index in [-0.39, 0.29) is 5.91 Å². The van der Waals surface area contributed by atoms with Crippen LogP contribution in [0.2, 0.25) is 0 Å². The number of carbonyl (C=O) groups excluding carboxylic acids is 1. The molecule has 1 amide bonds. The van der Waals surface area contributed by atoms with Gasteiger partial charge in [0.05, 0.1) is 25.4 Å². The van der Waals surface area contributed by atoms with Crippen molar-refractivity contribution in [3.8, 4) is 5.75 Å². The summed E-state index contributed by atoms with van der Waals surface area (Å²) >= 11 is 0. The molecule has 2 aliphatic heterocycles. The first-order chi connectivity index (χ1) is 12.6. The Hall–Kier alpha value is -2.37. The summed E-state index contributed by atoms with van der Waals surface area (Å²) < 4.78 is 17.6. The molecule has 0 aromatic heterocycles. The summed E-state index contributed by atoms with van der Waals surface area (Å²) in [6, 6.07) is 13.8. The predicted octanol–water partition coefficient (Wildman–Crippen LogP) is 3.32. The minimum Gasteiger partial charge on any atom is -0.492 e. The van der Waals surface area contributed by atoms with Crippen molar-refractivity contribution >= 4 is 11.6 Å². The molecule has 1 fully saturated rings. The van der Waals surface area contributed by atoms with E-state index in [0.717, 1.165) is 29.0 Å². The lowest BCUT2D eigenvalue weighted by molar-refractivity contribution is -0.256. The Balaban J connectivity index is 1.56. The number of amides is 1. The summed E-state index contributed by atoms with van der Waals surface area (Å²) in [7, 11) is 0. The maximum atomic E-state index is 13.2. The van der Waals surface area contributed by atoms with Crippen LogP contribution in [-0.4, -0.2) is 32.3 Å². The average molecular weight is 353 g/mol. The maximum Gasteiger partial charge on any atom is 0.292 e. The van der Waals surface area contributed by atoms with E-state index in [9.17, 15) is 4.79 Å². The number of para-hydroxylation sites is 1. The van der Waals surface area contributed by atoms with E-state index < -0.39 is 5.79 Å². The van der Waals surface area contributed by atoms with Gasteiger partial charge in [0.1, 0.15) is 12.4 Å². The van der Waals surface area contributed by atoms with Crippen LogP contribution in [-0.2, 0) is 20.1 Å². The summed E-state index contributed by atoms with van der Waals surface area (Å²) in [5.74, 6) is -0.648. The molecule has 4 rings (SSSR count). The zero-order valence-electron chi connectivity index (χ0n) is 15.2. The van der Waals surface area contributed by atoms with Crippen molar-refractivity contribution in [2.75, 3.05) is 31.3 Å². The number of nitrogens with zero attached hydrogens (tertiary/aromatic N) is 1. The van der Waals surface area contributed by atoms with E-state index in [1.165, 1.54) is 5.56 Å². The van der Waals surface area contributed by atoms with Gasteiger partial charge in [0.2, 0.25) is 0 Å². The van der Waals surface area contributed by atoms with Crippen LogP contribution < -0.4 is 9.64 Å². The first kappa shape index (κ1) is 17.1. The van der Waals surface area contributed by atoms with Crippen molar-refractivity contribution in [1.82, 2.24) is 0 Å². The number of hydrogen-bond acceptors (Lipinski definition) is 4. The lowest BCUT2D eigenvalue weighted by Gasteiger charge is -2.32. The van der Waals surface area contributed by atoms with Crippen molar-refractivity contribution < 1.29 is 19.0 Å². The number of ether oxygens (including phenoxy) is 3. The minimum atomic E-state index is -1.29. The molecule has 1 saturated heterocycles. The zero-order chi connectivity index (χ0) is 18.1. The van der Waals surface area contributed by atoms with E-state index in [2.05, 4.69) is 0 Å². The highest BCUT2D eigenvalue weighted by atomic mass is 16.7. The van der Waals surface area contributed by atoms with Crippen LogP contribution in [0.1, 0.15) is 23.1 Å². The van der Waals surface area contributed by atoms with Crippen molar-refractivity contribution in [3.63, 3.8) is 0 Å². The average Bonchev–Trinajstić information content (AvgIpc) is 2.88. The fraction of sp³-hybridized carbons (Fsp3) is 0.381. The van der Waals surface area contributed by atoms with E-state index in [0.29, 0.717) is 26.4 Å². The fourth-order valence-electron chi connectivity index (χ4n) is 3.59. The largest absolute Gasteiger partial charge is 0.492 e. The molecule has 0 bridgehead atoms. The van der Waals surface area contributed by atoms with Crippen molar-refractivity contribution in [3.05, 3.63) is 59.2 Å². The Bertz CT molecular complexity index is 809. The molecule has 0 N–H and O–H groups in total. The Morgan fingerprint density at radius 3 is 2.54 bits per heavy atom. The number of rotatable bonds is 4. The van der Waals surface area contributed by atoms with Gasteiger partial charge < -0.3 is 19.1 Å². The number of carbonyl (C=O) groups is 1. The second kappa shape index (κ2) is 6.74. The van der Waals surface area contributed by atoms with Gasteiger partial charge in [-0.1, -0.05) is 35.9 Å². The smallest absolute Gasteiger partial charge is 0.292 e. The highest BCUT2D eigenvalue weighted by Crippen LogP contribution is 2.46. The molecule has 0 atom stereocenters. The molecule has 1 spiro atoms. The zero-order valence-corrected chi connectivity index (χ0v) is 15.2. The van der Waals surface area contributed by atoms with Crippen molar-refractivity contribution in [1.29, 1.82) is 0 Å². The van der Waals surface area contributed by atoms with Gasteiger partial charge in [-0.25, -0.2) is 0 Å². The number of hydrogen-bond donors (Lipinski definition) is 0. The molecule has 2 aromatic rings. The lowest BCUT2D eigenvalue weighted by Crippen LogP contribution is -2.48. The second-order valence-electron chi connectivity index (χ2n) is 6.76. The van der Waals surface area contributed by atoms with E-state index in [1.54, 1.807) is 4.90 Å². The van der Waals surface area contributed by atoms with Crippen LogP contribution >= 0.6 is 0 Å². The van der Waals surface area contributed by atoms with Crippen molar-refractivity contribution in [2.24, 2.45) is 0 Å². The van der Waals surface area contributed by atoms with Crippen LogP contribution in [0.3, 0.4) is 0 Å². The summed E-state index contributed by atoms with van der Waals surface area (Å²) in [6.07, 6.45) is 0.798. The topological polar surface area (TPSA) is 48.0 Å². The Labute approximate surface area is 153 Å². The highest BCUT2D eigenvalue weighted by Gasteiger charge is 2.55. The number of aryl methyl sites for hydroxylation is 2. The van der Waals surface area contributed by atoms with Crippen LogP contribution in [0, 0.1) is 13.8 Å². The monoisotopic (exact) mass is 353 g/mol.